The van der Waals surface area contributed by atoms with E-state index in [-0.39, 0.29) is 18.0 Å². The fourth-order valence-electron chi connectivity index (χ4n) is 1.04. The van der Waals surface area contributed by atoms with Crippen molar-refractivity contribution < 1.29 is 13.9 Å². The van der Waals surface area contributed by atoms with E-state index >= 15 is 0 Å². The first-order chi connectivity index (χ1) is 6.04. The molecule has 0 spiro atoms. The Bertz CT molecular complexity index is 307. The Kier molecular flexibility index (Phi) is 4.97. The van der Waals surface area contributed by atoms with Crippen molar-refractivity contribution in [2.75, 3.05) is 0 Å². The predicted octanol–water partition coefficient (Wildman–Crippen LogP) is 1.77. The van der Waals surface area contributed by atoms with Crippen LogP contribution in [-0.4, -0.2) is 11.2 Å². The second kappa shape index (κ2) is 5.24. The van der Waals surface area contributed by atoms with Gasteiger partial charge >= 0.3 is 0 Å². The highest BCUT2D eigenvalue weighted by atomic mass is 35.5. The molecule has 0 heterocycles. The van der Waals surface area contributed by atoms with Gasteiger partial charge in [-0.05, 0) is 13.0 Å². The lowest BCUT2D eigenvalue weighted by molar-refractivity contribution is 0.162. The van der Waals surface area contributed by atoms with Crippen molar-refractivity contribution in [1.29, 1.82) is 0 Å². The van der Waals surface area contributed by atoms with E-state index < -0.39 is 23.8 Å². The zero-order chi connectivity index (χ0) is 10.0. The summed E-state index contributed by atoms with van der Waals surface area (Å²) >= 11 is 0. The average molecular weight is 224 g/mol. The molecule has 0 saturated carbocycles. The van der Waals surface area contributed by atoms with Gasteiger partial charge in [0.1, 0.15) is 0 Å². The lowest BCUT2D eigenvalue weighted by Gasteiger charge is -2.15. The molecule has 14 heavy (non-hydrogen) atoms. The maximum atomic E-state index is 13.0. The number of aliphatic hydroxyl groups excluding tert-OH is 1. The second-order valence-electron chi connectivity index (χ2n) is 2.91. The fraction of sp³-hybridized carbons (Fsp3) is 0.333. The topological polar surface area (TPSA) is 46.2 Å². The van der Waals surface area contributed by atoms with Crippen molar-refractivity contribution in [2.24, 2.45) is 5.73 Å². The molecule has 2 atom stereocenters. The van der Waals surface area contributed by atoms with Crippen LogP contribution in [0.3, 0.4) is 0 Å². The lowest BCUT2D eigenvalue weighted by atomic mass is 10.0. The molecule has 1 rings (SSSR count). The summed E-state index contributed by atoms with van der Waals surface area (Å²) in [5, 5.41) is 9.08. The SMILES string of the molecule is C[C@H](O)[C@H](N)c1cccc(F)c1F.Cl. The summed E-state index contributed by atoms with van der Waals surface area (Å²) in [6, 6.07) is 2.83. The summed E-state index contributed by atoms with van der Waals surface area (Å²) in [7, 11) is 0. The third-order valence-electron chi connectivity index (χ3n) is 1.86. The van der Waals surface area contributed by atoms with E-state index in [1.165, 1.54) is 19.1 Å². The summed E-state index contributed by atoms with van der Waals surface area (Å²) < 4.78 is 25.7. The molecule has 0 aliphatic rings. The van der Waals surface area contributed by atoms with Crippen molar-refractivity contribution in [3.05, 3.63) is 35.4 Å². The van der Waals surface area contributed by atoms with E-state index in [4.69, 9.17) is 10.8 Å². The highest BCUT2D eigenvalue weighted by Crippen LogP contribution is 2.19. The number of hydrogen-bond acceptors (Lipinski definition) is 2. The number of benzene rings is 1. The van der Waals surface area contributed by atoms with Gasteiger partial charge in [-0.25, -0.2) is 8.78 Å². The van der Waals surface area contributed by atoms with Crippen LogP contribution in [0.1, 0.15) is 18.5 Å². The number of halogens is 3. The standard InChI is InChI=1S/C9H11F2NO.ClH/c1-5(13)9(12)6-3-2-4-7(10)8(6)11;/h2-5,9,13H,12H2,1H3;1H/t5-,9-;/m0./s1. The molecular weight excluding hydrogens is 212 g/mol. The average Bonchev–Trinajstić information content (AvgIpc) is 2.08. The van der Waals surface area contributed by atoms with E-state index in [1.807, 2.05) is 0 Å². The lowest BCUT2D eigenvalue weighted by Crippen LogP contribution is -2.24. The van der Waals surface area contributed by atoms with Gasteiger partial charge in [0.05, 0.1) is 12.1 Å². The first kappa shape index (κ1) is 13.3. The van der Waals surface area contributed by atoms with Crippen LogP contribution in [0.2, 0.25) is 0 Å². The third-order valence-corrected chi connectivity index (χ3v) is 1.86. The molecule has 0 aliphatic heterocycles. The van der Waals surface area contributed by atoms with Crippen molar-refractivity contribution in [3.8, 4) is 0 Å². The molecular formula is C9H12ClF2NO. The summed E-state index contributed by atoms with van der Waals surface area (Å²) in [4.78, 5) is 0. The van der Waals surface area contributed by atoms with Gasteiger partial charge in [0.2, 0.25) is 0 Å². The quantitative estimate of drug-likeness (QED) is 0.803. The van der Waals surface area contributed by atoms with Gasteiger partial charge in [0.25, 0.3) is 0 Å². The van der Waals surface area contributed by atoms with Crippen LogP contribution >= 0.6 is 12.4 Å². The Labute approximate surface area is 87.1 Å². The van der Waals surface area contributed by atoms with Gasteiger partial charge in [-0.3, -0.25) is 0 Å². The smallest absolute Gasteiger partial charge is 0.163 e. The largest absolute Gasteiger partial charge is 0.391 e. The van der Waals surface area contributed by atoms with Gasteiger partial charge < -0.3 is 10.8 Å². The zero-order valence-corrected chi connectivity index (χ0v) is 8.39. The normalized spacial score (nSPS) is 14.4. The molecule has 2 nitrogen and oxygen atoms in total. The summed E-state index contributed by atoms with van der Waals surface area (Å²) in [5.41, 5.74) is 5.45. The minimum Gasteiger partial charge on any atom is -0.391 e. The summed E-state index contributed by atoms with van der Waals surface area (Å²) in [6.07, 6.45) is -0.906. The Morgan fingerprint density at radius 2 is 1.93 bits per heavy atom. The second-order valence-corrected chi connectivity index (χ2v) is 2.91. The first-order valence-corrected chi connectivity index (χ1v) is 3.91. The molecule has 0 amide bonds. The highest BCUT2D eigenvalue weighted by Gasteiger charge is 2.18. The van der Waals surface area contributed by atoms with Gasteiger partial charge in [-0.2, -0.15) is 0 Å². The van der Waals surface area contributed by atoms with Crippen molar-refractivity contribution in [3.63, 3.8) is 0 Å². The highest BCUT2D eigenvalue weighted by molar-refractivity contribution is 5.85. The van der Waals surface area contributed by atoms with Crippen LogP contribution in [0.15, 0.2) is 18.2 Å². The molecule has 0 unspecified atom stereocenters. The molecule has 0 aromatic heterocycles. The minimum absolute atomic E-state index is 0. The molecule has 0 saturated heterocycles. The minimum atomic E-state index is -0.990. The maximum absolute atomic E-state index is 13.0. The van der Waals surface area contributed by atoms with Crippen LogP contribution in [0.5, 0.6) is 0 Å². The van der Waals surface area contributed by atoms with Crippen LogP contribution in [0.4, 0.5) is 8.78 Å². The number of aliphatic hydroxyl groups is 1. The van der Waals surface area contributed by atoms with E-state index in [0.29, 0.717) is 0 Å². The molecule has 0 fully saturated rings. The Morgan fingerprint density at radius 3 is 2.43 bits per heavy atom. The maximum Gasteiger partial charge on any atom is 0.163 e. The van der Waals surface area contributed by atoms with Crippen molar-refractivity contribution >= 4 is 12.4 Å². The van der Waals surface area contributed by atoms with Gasteiger partial charge in [0, 0.05) is 5.56 Å². The molecule has 1 aromatic carbocycles. The van der Waals surface area contributed by atoms with E-state index in [0.717, 1.165) is 6.07 Å². The zero-order valence-electron chi connectivity index (χ0n) is 7.58. The molecule has 0 radical (unpaired) electrons. The first-order valence-electron chi connectivity index (χ1n) is 3.91. The molecule has 3 N–H and O–H groups in total. The summed E-state index contributed by atoms with van der Waals surface area (Å²) in [6.45, 7) is 1.43. The molecule has 1 aromatic rings. The molecule has 5 heteroatoms. The van der Waals surface area contributed by atoms with Gasteiger partial charge in [-0.1, -0.05) is 12.1 Å². The molecule has 80 valence electrons. The van der Waals surface area contributed by atoms with Crippen LogP contribution in [-0.2, 0) is 0 Å². The van der Waals surface area contributed by atoms with E-state index in [1.54, 1.807) is 0 Å². The molecule has 0 aliphatic carbocycles. The van der Waals surface area contributed by atoms with Crippen molar-refractivity contribution in [1.82, 2.24) is 0 Å². The van der Waals surface area contributed by atoms with Gasteiger partial charge in [-0.15, -0.1) is 12.4 Å². The Balaban J connectivity index is 0.00000169. The molecule has 0 bridgehead atoms. The number of rotatable bonds is 2. The predicted molar refractivity (Wildman–Crippen MR) is 52.2 cm³/mol. The van der Waals surface area contributed by atoms with E-state index in [9.17, 15) is 8.78 Å². The third kappa shape index (κ3) is 2.64. The van der Waals surface area contributed by atoms with Crippen LogP contribution < -0.4 is 5.73 Å². The number of nitrogens with two attached hydrogens (primary N) is 1. The summed E-state index contributed by atoms with van der Waals surface area (Å²) in [5.74, 6) is -1.94. The Hall–Kier alpha value is -0.710. The van der Waals surface area contributed by atoms with Crippen LogP contribution in [0.25, 0.3) is 0 Å². The van der Waals surface area contributed by atoms with Crippen LogP contribution in [0, 0.1) is 11.6 Å². The van der Waals surface area contributed by atoms with Crippen molar-refractivity contribution in [2.45, 2.75) is 19.1 Å². The Morgan fingerprint density at radius 1 is 1.36 bits per heavy atom. The number of hydrogen-bond donors (Lipinski definition) is 2. The fourth-order valence-corrected chi connectivity index (χ4v) is 1.04. The monoisotopic (exact) mass is 223 g/mol. The van der Waals surface area contributed by atoms with Gasteiger partial charge in [0.15, 0.2) is 11.6 Å². The van der Waals surface area contributed by atoms with E-state index in [2.05, 4.69) is 0 Å².